The SMILES string of the molecule is CCOC1C(=O)CC1OC(C)(C)CC. The number of hydrogen-bond donors (Lipinski definition) is 0. The summed E-state index contributed by atoms with van der Waals surface area (Å²) < 4.78 is 11.1. The highest BCUT2D eigenvalue weighted by molar-refractivity contribution is 5.90. The van der Waals surface area contributed by atoms with Crippen molar-refractivity contribution in [2.45, 2.75) is 58.3 Å². The number of Topliss-reactive ketones (excluding diaryl/α,β-unsaturated/α-hetero) is 1. The van der Waals surface area contributed by atoms with Gasteiger partial charge in [-0.1, -0.05) is 6.92 Å². The Morgan fingerprint density at radius 2 is 2.07 bits per heavy atom. The van der Waals surface area contributed by atoms with E-state index in [0.29, 0.717) is 13.0 Å². The molecule has 0 amide bonds. The molecular weight excluding hydrogens is 180 g/mol. The van der Waals surface area contributed by atoms with Crippen LogP contribution in [0.1, 0.15) is 40.5 Å². The van der Waals surface area contributed by atoms with Gasteiger partial charge in [-0.3, -0.25) is 4.79 Å². The van der Waals surface area contributed by atoms with Gasteiger partial charge in [0.2, 0.25) is 0 Å². The van der Waals surface area contributed by atoms with Gasteiger partial charge in [0, 0.05) is 13.0 Å². The van der Waals surface area contributed by atoms with E-state index in [4.69, 9.17) is 9.47 Å². The lowest BCUT2D eigenvalue weighted by Gasteiger charge is -2.39. The number of ketones is 1. The van der Waals surface area contributed by atoms with E-state index in [2.05, 4.69) is 6.92 Å². The Morgan fingerprint density at radius 1 is 1.43 bits per heavy atom. The minimum atomic E-state index is -0.314. The van der Waals surface area contributed by atoms with Gasteiger partial charge >= 0.3 is 0 Å². The molecular formula is C11H20O3. The normalized spacial score (nSPS) is 27.6. The molecule has 0 saturated heterocycles. The van der Waals surface area contributed by atoms with Crippen molar-refractivity contribution in [2.24, 2.45) is 0 Å². The molecule has 82 valence electrons. The minimum absolute atomic E-state index is 0.0302. The van der Waals surface area contributed by atoms with Gasteiger partial charge in [-0.15, -0.1) is 0 Å². The highest BCUT2D eigenvalue weighted by Gasteiger charge is 2.43. The first kappa shape index (κ1) is 11.7. The van der Waals surface area contributed by atoms with Gasteiger partial charge in [0.15, 0.2) is 5.78 Å². The van der Waals surface area contributed by atoms with Crippen LogP contribution < -0.4 is 0 Å². The zero-order valence-electron chi connectivity index (χ0n) is 9.50. The third-order valence-corrected chi connectivity index (χ3v) is 2.73. The molecule has 0 aromatic rings. The van der Waals surface area contributed by atoms with E-state index in [1.807, 2.05) is 20.8 Å². The standard InChI is InChI=1S/C11H20O3/c1-5-11(3,4)14-9-7-8(12)10(9)13-6-2/h9-10H,5-7H2,1-4H3. The smallest absolute Gasteiger partial charge is 0.166 e. The monoisotopic (exact) mass is 200 g/mol. The van der Waals surface area contributed by atoms with Gasteiger partial charge in [-0.2, -0.15) is 0 Å². The highest BCUT2D eigenvalue weighted by atomic mass is 16.6. The largest absolute Gasteiger partial charge is 0.369 e. The third-order valence-electron chi connectivity index (χ3n) is 2.73. The Morgan fingerprint density at radius 3 is 2.50 bits per heavy atom. The molecule has 1 aliphatic rings. The van der Waals surface area contributed by atoms with Crippen molar-refractivity contribution in [1.82, 2.24) is 0 Å². The second-order valence-electron chi connectivity index (χ2n) is 4.32. The summed E-state index contributed by atoms with van der Waals surface area (Å²) in [5.41, 5.74) is -0.152. The van der Waals surface area contributed by atoms with E-state index in [1.165, 1.54) is 0 Å². The molecule has 0 aromatic heterocycles. The van der Waals surface area contributed by atoms with Crippen molar-refractivity contribution in [3.05, 3.63) is 0 Å². The predicted molar refractivity (Wildman–Crippen MR) is 54.3 cm³/mol. The first-order valence-corrected chi connectivity index (χ1v) is 5.32. The van der Waals surface area contributed by atoms with Gasteiger partial charge in [-0.05, 0) is 27.2 Å². The van der Waals surface area contributed by atoms with E-state index < -0.39 is 0 Å². The lowest BCUT2D eigenvalue weighted by molar-refractivity contribution is -0.185. The summed E-state index contributed by atoms with van der Waals surface area (Å²) >= 11 is 0. The summed E-state index contributed by atoms with van der Waals surface area (Å²) in [4.78, 5) is 11.2. The Bertz CT molecular complexity index is 211. The maximum Gasteiger partial charge on any atom is 0.166 e. The highest BCUT2D eigenvalue weighted by Crippen LogP contribution is 2.28. The molecule has 0 radical (unpaired) electrons. The van der Waals surface area contributed by atoms with Crippen molar-refractivity contribution in [2.75, 3.05) is 6.61 Å². The number of carbonyl (C=O) groups is 1. The van der Waals surface area contributed by atoms with E-state index >= 15 is 0 Å². The number of rotatable bonds is 5. The maximum absolute atomic E-state index is 11.2. The van der Waals surface area contributed by atoms with Crippen LogP contribution in [-0.4, -0.2) is 30.2 Å². The number of ether oxygens (including phenoxy) is 2. The fourth-order valence-corrected chi connectivity index (χ4v) is 1.44. The fourth-order valence-electron chi connectivity index (χ4n) is 1.44. The minimum Gasteiger partial charge on any atom is -0.369 e. The van der Waals surface area contributed by atoms with Gasteiger partial charge in [0.1, 0.15) is 6.10 Å². The van der Waals surface area contributed by atoms with Crippen molar-refractivity contribution in [3.8, 4) is 0 Å². The average Bonchev–Trinajstić information content (AvgIpc) is 2.13. The molecule has 0 N–H and O–H groups in total. The van der Waals surface area contributed by atoms with Crippen molar-refractivity contribution >= 4 is 5.78 Å². The molecule has 1 fully saturated rings. The molecule has 0 heterocycles. The Kier molecular flexibility index (Phi) is 3.67. The molecule has 1 rings (SSSR count). The average molecular weight is 200 g/mol. The molecule has 1 saturated carbocycles. The summed E-state index contributed by atoms with van der Waals surface area (Å²) in [5, 5.41) is 0. The zero-order chi connectivity index (χ0) is 10.8. The maximum atomic E-state index is 11.2. The van der Waals surface area contributed by atoms with Crippen LogP contribution in [0.4, 0.5) is 0 Å². The number of carbonyl (C=O) groups excluding carboxylic acids is 1. The van der Waals surface area contributed by atoms with Crippen molar-refractivity contribution in [3.63, 3.8) is 0 Å². The first-order valence-electron chi connectivity index (χ1n) is 5.32. The summed E-state index contributed by atoms with van der Waals surface area (Å²) in [7, 11) is 0. The van der Waals surface area contributed by atoms with Crippen LogP contribution in [0.15, 0.2) is 0 Å². The van der Waals surface area contributed by atoms with Crippen LogP contribution in [-0.2, 0) is 14.3 Å². The van der Waals surface area contributed by atoms with Gasteiger partial charge in [0.25, 0.3) is 0 Å². The van der Waals surface area contributed by atoms with Crippen molar-refractivity contribution in [1.29, 1.82) is 0 Å². The van der Waals surface area contributed by atoms with Crippen LogP contribution in [0.3, 0.4) is 0 Å². The van der Waals surface area contributed by atoms with E-state index in [0.717, 1.165) is 6.42 Å². The molecule has 14 heavy (non-hydrogen) atoms. The molecule has 3 heteroatoms. The molecule has 2 atom stereocenters. The van der Waals surface area contributed by atoms with Crippen LogP contribution >= 0.6 is 0 Å². The lowest BCUT2D eigenvalue weighted by Crippen LogP contribution is -2.53. The third kappa shape index (κ3) is 2.55. The predicted octanol–water partition coefficient (Wildman–Crippen LogP) is 1.94. The fraction of sp³-hybridized carbons (Fsp3) is 0.909. The first-order chi connectivity index (χ1) is 6.50. The Balaban J connectivity index is 2.43. The Hall–Kier alpha value is -0.410. The van der Waals surface area contributed by atoms with Crippen LogP contribution in [0.25, 0.3) is 0 Å². The second kappa shape index (κ2) is 4.41. The van der Waals surface area contributed by atoms with Gasteiger partial charge in [0.05, 0.1) is 11.7 Å². The van der Waals surface area contributed by atoms with E-state index in [1.54, 1.807) is 0 Å². The molecule has 0 aliphatic heterocycles. The lowest BCUT2D eigenvalue weighted by atomic mass is 9.89. The van der Waals surface area contributed by atoms with Crippen molar-refractivity contribution < 1.29 is 14.3 Å². The Labute approximate surface area is 85.8 Å². The molecule has 3 nitrogen and oxygen atoms in total. The van der Waals surface area contributed by atoms with Gasteiger partial charge < -0.3 is 9.47 Å². The zero-order valence-corrected chi connectivity index (χ0v) is 9.50. The molecule has 0 spiro atoms. The second-order valence-corrected chi connectivity index (χ2v) is 4.32. The summed E-state index contributed by atoms with van der Waals surface area (Å²) in [6.45, 7) is 8.63. The van der Waals surface area contributed by atoms with Crippen LogP contribution in [0.2, 0.25) is 0 Å². The van der Waals surface area contributed by atoms with E-state index in [-0.39, 0.29) is 23.6 Å². The summed E-state index contributed by atoms with van der Waals surface area (Å²) in [6, 6.07) is 0. The van der Waals surface area contributed by atoms with E-state index in [9.17, 15) is 4.79 Å². The molecule has 0 bridgehead atoms. The number of hydrogen-bond acceptors (Lipinski definition) is 3. The topological polar surface area (TPSA) is 35.5 Å². The quantitative estimate of drug-likeness (QED) is 0.680. The van der Waals surface area contributed by atoms with Crippen LogP contribution in [0, 0.1) is 0 Å². The molecule has 0 aromatic carbocycles. The van der Waals surface area contributed by atoms with Crippen LogP contribution in [0.5, 0.6) is 0 Å². The summed E-state index contributed by atoms with van der Waals surface area (Å²) in [6.07, 6.45) is 1.10. The molecule has 2 unspecified atom stereocenters. The summed E-state index contributed by atoms with van der Waals surface area (Å²) in [5.74, 6) is 0.170. The van der Waals surface area contributed by atoms with Gasteiger partial charge in [-0.25, -0.2) is 0 Å². The molecule has 1 aliphatic carbocycles.